The monoisotopic (exact) mass is 167 g/mol. The lowest BCUT2D eigenvalue weighted by molar-refractivity contribution is -0.428. The topological polar surface area (TPSA) is 64.7 Å². The van der Waals surface area contributed by atoms with Crippen LogP contribution in [-0.2, 0) is 9.47 Å². The lowest BCUT2D eigenvalue weighted by Gasteiger charge is -2.63. The number of aliphatic hydroxyl groups is 1. The Morgan fingerprint density at radius 1 is 1.58 bits per heavy atom. The van der Waals surface area contributed by atoms with E-state index in [1.807, 2.05) is 0 Å². The molecule has 0 spiro atoms. The first-order valence-electron chi connectivity index (χ1n) is 4.15. The Morgan fingerprint density at radius 3 is 2.83 bits per heavy atom. The van der Waals surface area contributed by atoms with Gasteiger partial charge in [0.1, 0.15) is 7.85 Å². The van der Waals surface area contributed by atoms with Crippen LogP contribution in [-0.4, -0.2) is 43.0 Å². The Morgan fingerprint density at radius 2 is 2.33 bits per heavy atom. The van der Waals surface area contributed by atoms with Crippen molar-refractivity contribution in [1.82, 2.24) is 0 Å². The fourth-order valence-corrected chi connectivity index (χ4v) is 2.79. The summed E-state index contributed by atoms with van der Waals surface area (Å²) in [7, 11) is 5.64. The normalized spacial score (nSPS) is 66.7. The lowest BCUT2D eigenvalue weighted by Crippen LogP contribution is -2.78. The van der Waals surface area contributed by atoms with E-state index >= 15 is 0 Å². The minimum absolute atomic E-state index is 0.00463. The minimum Gasteiger partial charge on any atom is -0.377 e. The van der Waals surface area contributed by atoms with Crippen LogP contribution in [0, 0.1) is 5.92 Å². The first kappa shape index (κ1) is 7.32. The second-order valence-corrected chi connectivity index (χ2v) is 3.93. The lowest BCUT2D eigenvalue weighted by atomic mass is 9.58. The van der Waals surface area contributed by atoms with E-state index in [9.17, 15) is 5.11 Å². The third-order valence-corrected chi connectivity index (χ3v) is 3.31. The van der Waals surface area contributed by atoms with E-state index in [0.717, 1.165) is 0 Å². The maximum absolute atomic E-state index is 9.65. The fourth-order valence-electron chi connectivity index (χ4n) is 2.79. The first-order valence-corrected chi connectivity index (χ1v) is 4.15. The van der Waals surface area contributed by atoms with Crippen LogP contribution in [0.5, 0.6) is 0 Å². The summed E-state index contributed by atoms with van der Waals surface area (Å²) < 4.78 is 10.7. The predicted molar refractivity (Wildman–Crippen MR) is 40.3 cm³/mol. The largest absolute Gasteiger partial charge is 0.377 e. The molecule has 0 bridgehead atoms. The van der Waals surface area contributed by atoms with Gasteiger partial charge >= 0.3 is 0 Å². The summed E-state index contributed by atoms with van der Waals surface area (Å²) in [5.74, 6) is -0.969. The fraction of sp³-hybridized carbons (Fsp3) is 1.00. The standard InChI is InChI=1S/C7H10BNO3/c8-5-3-4-6(2-9,12-5)1-7(4,10)11-3/h3-5,10H,1-2,9H2/t3?,4?,5-,6-,7?/m1/s1. The van der Waals surface area contributed by atoms with Gasteiger partial charge in [-0.2, -0.15) is 0 Å². The molecular formula is C7H10BNO3. The molecule has 5 atom stereocenters. The van der Waals surface area contributed by atoms with Crippen molar-refractivity contribution in [2.75, 3.05) is 6.54 Å². The molecule has 2 saturated heterocycles. The Bertz CT molecular complexity index is 247. The molecule has 0 aromatic rings. The molecule has 3 fully saturated rings. The molecule has 0 aromatic carbocycles. The summed E-state index contributed by atoms with van der Waals surface area (Å²) in [6.07, 6.45) is 0.318. The summed E-state index contributed by atoms with van der Waals surface area (Å²) in [4.78, 5) is 0. The van der Waals surface area contributed by atoms with Crippen molar-refractivity contribution in [2.24, 2.45) is 11.7 Å². The third-order valence-electron chi connectivity index (χ3n) is 3.31. The molecule has 2 heterocycles. The van der Waals surface area contributed by atoms with Crippen molar-refractivity contribution < 1.29 is 14.6 Å². The zero-order valence-electron chi connectivity index (χ0n) is 6.56. The van der Waals surface area contributed by atoms with Crippen LogP contribution in [0.3, 0.4) is 0 Å². The van der Waals surface area contributed by atoms with Crippen LogP contribution in [0.1, 0.15) is 6.42 Å². The molecule has 0 amide bonds. The number of ether oxygens (including phenoxy) is 2. The van der Waals surface area contributed by atoms with E-state index < -0.39 is 17.4 Å². The predicted octanol–water partition coefficient (Wildman–Crippen LogP) is -1.68. The molecule has 5 heteroatoms. The van der Waals surface area contributed by atoms with Crippen molar-refractivity contribution in [3.8, 4) is 0 Å². The van der Waals surface area contributed by atoms with E-state index in [0.29, 0.717) is 13.0 Å². The molecule has 3 rings (SSSR count). The molecule has 3 N–H and O–H groups in total. The average Bonchev–Trinajstić information content (AvgIpc) is 2.09. The van der Waals surface area contributed by atoms with E-state index in [2.05, 4.69) is 0 Å². The molecule has 0 aromatic heterocycles. The highest BCUT2D eigenvalue weighted by molar-refractivity contribution is 6.12. The minimum atomic E-state index is -0.974. The van der Waals surface area contributed by atoms with E-state index in [-0.39, 0.29) is 12.0 Å². The van der Waals surface area contributed by atoms with Gasteiger partial charge < -0.3 is 20.3 Å². The SMILES string of the molecule is [B][C@@H]1O[C@@]2(CN)CC3(O)OC1C32. The zero-order valence-corrected chi connectivity index (χ0v) is 6.56. The highest BCUT2D eigenvalue weighted by atomic mass is 16.7. The Balaban J connectivity index is 1.94. The van der Waals surface area contributed by atoms with Gasteiger partial charge in [-0.25, -0.2) is 0 Å². The van der Waals surface area contributed by atoms with Gasteiger partial charge in [-0.3, -0.25) is 0 Å². The van der Waals surface area contributed by atoms with Gasteiger partial charge in [-0.1, -0.05) is 0 Å². The summed E-state index contributed by atoms with van der Waals surface area (Å²) in [5.41, 5.74) is 5.17. The zero-order chi connectivity index (χ0) is 8.56. The van der Waals surface area contributed by atoms with Gasteiger partial charge in [-0.05, 0) is 0 Å². The quantitative estimate of drug-likeness (QED) is 0.457. The summed E-state index contributed by atoms with van der Waals surface area (Å²) in [6, 6.07) is -0.415. The first-order chi connectivity index (χ1) is 5.61. The van der Waals surface area contributed by atoms with Crippen LogP contribution in [0.4, 0.5) is 0 Å². The van der Waals surface area contributed by atoms with Gasteiger partial charge in [0.2, 0.25) is 0 Å². The number of nitrogens with two attached hydrogens (primary N) is 1. The van der Waals surface area contributed by atoms with Crippen LogP contribution >= 0.6 is 0 Å². The summed E-state index contributed by atoms with van der Waals surface area (Å²) in [6.45, 7) is 0.410. The maximum Gasteiger partial charge on any atom is 0.176 e. The summed E-state index contributed by atoms with van der Waals surface area (Å²) >= 11 is 0. The Kier molecular flexibility index (Phi) is 1.05. The van der Waals surface area contributed by atoms with E-state index in [1.165, 1.54) is 0 Å². The van der Waals surface area contributed by atoms with Gasteiger partial charge in [0.25, 0.3) is 0 Å². The van der Waals surface area contributed by atoms with Crippen molar-refractivity contribution >= 4 is 7.85 Å². The highest BCUT2D eigenvalue weighted by Gasteiger charge is 2.79. The van der Waals surface area contributed by atoms with Crippen molar-refractivity contribution in [3.63, 3.8) is 0 Å². The van der Waals surface area contributed by atoms with Crippen molar-refractivity contribution in [2.45, 2.75) is 29.9 Å². The van der Waals surface area contributed by atoms with Gasteiger partial charge in [0.15, 0.2) is 5.79 Å². The number of hydrogen-bond donors (Lipinski definition) is 2. The average molecular weight is 167 g/mol. The third kappa shape index (κ3) is 0.519. The molecule has 3 aliphatic rings. The molecular weight excluding hydrogens is 157 g/mol. The Hall–Kier alpha value is -0.0951. The molecule has 12 heavy (non-hydrogen) atoms. The van der Waals surface area contributed by atoms with Crippen molar-refractivity contribution in [1.29, 1.82) is 0 Å². The molecule has 2 radical (unpaired) electrons. The van der Waals surface area contributed by atoms with Crippen molar-refractivity contribution in [3.05, 3.63) is 0 Å². The van der Waals surface area contributed by atoms with Crippen LogP contribution in [0.25, 0.3) is 0 Å². The van der Waals surface area contributed by atoms with E-state index in [1.54, 1.807) is 0 Å². The number of rotatable bonds is 1. The second-order valence-electron chi connectivity index (χ2n) is 3.93. The van der Waals surface area contributed by atoms with Gasteiger partial charge in [0, 0.05) is 19.0 Å². The van der Waals surface area contributed by atoms with Crippen LogP contribution in [0.15, 0.2) is 0 Å². The van der Waals surface area contributed by atoms with Crippen LogP contribution < -0.4 is 5.73 Å². The number of hydrogen-bond acceptors (Lipinski definition) is 4. The molecule has 4 nitrogen and oxygen atoms in total. The molecule has 2 aliphatic heterocycles. The van der Waals surface area contributed by atoms with Gasteiger partial charge in [-0.15, -0.1) is 0 Å². The van der Waals surface area contributed by atoms with Crippen LogP contribution in [0.2, 0.25) is 0 Å². The summed E-state index contributed by atoms with van der Waals surface area (Å²) in [5, 5.41) is 9.65. The Labute approximate surface area is 71.4 Å². The molecule has 64 valence electrons. The molecule has 1 aliphatic carbocycles. The van der Waals surface area contributed by atoms with E-state index in [4.69, 9.17) is 23.1 Å². The molecule has 1 saturated carbocycles. The smallest absolute Gasteiger partial charge is 0.176 e. The van der Waals surface area contributed by atoms with Gasteiger partial charge in [0.05, 0.1) is 17.6 Å². The molecule has 3 unspecified atom stereocenters. The second kappa shape index (κ2) is 1.72. The highest BCUT2D eigenvalue weighted by Crippen LogP contribution is 2.65. The maximum atomic E-state index is 9.65.